The van der Waals surface area contributed by atoms with E-state index >= 15 is 0 Å². The van der Waals surface area contributed by atoms with Crippen LogP contribution in [0.2, 0.25) is 0 Å². The molecule has 0 saturated carbocycles. The van der Waals surface area contributed by atoms with Gasteiger partial charge in [-0.2, -0.15) is 0 Å². The van der Waals surface area contributed by atoms with E-state index in [0.717, 1.165) is 0 Å². The predicted molar refractivity (Wildman–Crippen MR) is 73.0 cm³/mol. The highest BCUT2D eigenvalue weighted by Gasteiger charge is 2.17. The number of methoxy groups -OCH3 is 1. The summed E-state index contributed by atoms with van der Waals surface area (Å²) in [6.45, 7) is 6.94. The third-order valence-corrected chi connectivity index (χ3v) is 2.60. The molecule has 0 aliphatic carbocycles. The van der Waals surface area contributed by atoms with Crippen LogP contribution < -0.4 is 10.6 Å². The molecule has 0 bridgehead atoms. The molecular weight excluding hydrogens is 238 g/mol. The van der Waals surface area contributed by atoms with E-state index in [1.54, 1.807) is 26.0 Å². The molecule has 17 heavy (non-hydrogen) atoms. The maximum Gasteiger partial charge on any atom is 0.244 e. The van der Waals surface area contributed by atoms with Crippen LogP contribution in [-0.2, 0) is 9.53 Å². The zero-order valence-electron chi connectivity index (χ0n) is 11.2. The fourth-order valence-corrected chi connectivity index (χ4v) is 1.68. The quantitative estimate of drug-likeness (QED) is 0.676. The van der Waals surface area contributed by atoms with Crippen LogP contribution in [0.3, 0.4) is 0 Å². The Labute approximate surface area is 109 Å². The lowest BCUT2D eigenvalue weighted by atomic mass is 10.3. The number of ether oxygens (including phenoxy) is 1. The van der Waals surface area contributed by atoms with Crippen molar-refractivity contribution in [3.05, 3.63) is 0 Å². The third kappa shape index (κ3) is 6.43. The van der Waals surface area contributed by atoms with Crippen LogP contribution in [0.1, 0.15) is 20.8 Å². The smallest absolute Gasteiger partial charge is 0.244 e. The van der Waals surface area contributed by atoms with Gasteiger partial charge in [0.1, 0.15) is 6.04 Å². The molecule has 0 heterocycles. The number of hydrogen-bond donors (Lipinski definition) is 2. The number of carbonyl (C=O) groups is 1. The average molecular weight is 261 g/mol. The van der Waals surface area contributed by atoms with Gasteiger partial charge in [-0.25, -0.2) is 0 Å². The molecule has 6 heteroatoms. The molecule has 5 nitrogen and oxygen atoms in total. The molecule has 2 unspecified atom stereocenters. The zero-order chi connectivity index (χ0) is 13.4. The van der Waals surface area contributed by atoms with Crippen molar-refractivity contribution in [1.82, 2.24) is 15.5 Å². The van der Waals surface area contributed by atoms with Crippen molar-refractivity contribution in [3.8, 4) is 0 Å². The van der Waals surface area contributed by atoms with E-state index in [2.05, 4.69) is 10.6 Å². The van der Waals surface area contributed by atoms with E-state index in [-0.39, 0.29) is 18.0 Å². The molecule has 1 amide bonds. The normalized spacial score (nSPS) is 13.7. The molecular formula is C11H23N3O2S. The summed E-state index contributed by atoms with van der Waals surface area (Å²) < 4.78 is 4.99. The standard InChI is InChI=1S/C11H23N3O2S/c1-6-14(4)10(15)9(3)13-11(17)12-8(2)7-16-5/h8-9H,6-7H2,1-5H3,(H2,12,13,17). The third-order valence-electron chi connectivity index (χ3n) is 2.36. The molecule has 0 aromatic heterocycles. The number of carbonyl (C=O) groups excluding carboxylic acids is 1. The minimum absolute atomic E-state index is 0.0241. The summed E-state index contributed by atoms with van der Waals surface area (Å²) >= 11 is 5.11. The molecule has 0 radical (unpaired) electrons. The van der Waals surface area contributed by atoms with Crippen LogP contribution >= 0.6 is 12.2 Å². The Balaban J connectivity index is 4.07. The van der Waals surface area contributed by atoms with Gasteiger partial charge in [0.25, 0.3) is 0 Å². The molecule has 0 aromatic rings. The van der Waals surface area contributed by atoms with E-state index in [9.17, 15) is 4.79 Å². The van der Waals surface area contributed by atoms with E-state index in [0.29, 0.717) is 18.3 Å². The van der Waals surface area contributed by atoms with Gasteiger partial charge < -0.3 is 20.3 Å². The Morgan fingerprint density at radius 2 is 2.00 bits per heavy atom. The number of thiocarbonyl (C=S) groups is 1. The Bertz CT molecular complexity index is 261. The summed E-state index contributed by atoms with van der Waals surface area (Å²) in [5.41, 5.74) is 0. The van der Waals surface area contributed by atoms with Crippen LogP contribution in [0.5, 0.6) is 0 Å². The summed E-state index contributed by atoms with van der Waals surface area (Å²) in [7, 11) is 3.40. The number of hydrogen-bond acceptors (Lipinski definition) is 3. The lowest BCUT2D eigenvalue weighted by Crippen LogP contribution is -2.51. The largest absolute Gasteiger partial charge is 0.383 e. The Hall–Kier alpha value is -0.880. The number of likely N-dealkylation sites (N-methyl/N-ethyl adjacent to an activating group) is 1. The Morgan fingerprint density at radius 1 is 1.41 bits per heavy atom. The maximum atomic E-state index is 11.8. The zero-order valence-corrected chi connectivity index (χ0v) is 12.1. The van der Waals surface area contributed by atoms with Gasteiger partial charge in [0.05, 0.1) is 6.61 Å². The summed E-state index contributed by atoms with van der Waals surface area (Å²) in [6.07, 6.45) is 0. The van der Waals surface area contributed by atoms with Crippen molar-refractivity contribution >= 4 is 23.2 Å². The second-order valence-electron chi connectivity index (χ2n) is 4.05. The lowest BCUT2D eigenvalue weighted by Gasteiger charge is -2.23. The van der Waals surface area contributed by atoms with Gasteiger partial charge in [0.2, 0.25) is 5.91 Å². The van der Waals surface area contributed by atoms with Crippen molar-refractivity contribution in [2.24, 2.45) is 0 Å². The van der Waals surface area contributed by atoms with E-state index in [1.807, 2.05) is 13.8 Å². The van der Waals surface area contributed by atoms with Gasteiger partial charge >= 0.3 is 0 Å². The van der Waals surface area contributed by atoms with E-state index in [4.69, 9.17) is 17.0 Å². The molecule has 2 atom stereocenters. The maximum absolute atomic E-state index is 11.8. The summed E-state index contributed by atoms with van der Waals surface area (Å²) in [4.78, 5) is 13.4. The fraction of sp³-hybridized carbons (Fsp3) is 0.818. The van der Waals surface area contributed by atoms with Crippen molar-refractivity contribution in [2.45, 2.75) is 32.9 Å². The first kappa shape index (κ1) is 16.1. The monoisotopic (exact) mass is 261 g/mol. The number of rotatable bonds is 6. The molecule has 100 valence electrons. The summed E-state index contributed by atoms with van der Waals surface area (Å²) in [5.74, 6) is 0.0241. The highest BCUT2D eigenvalue weighted by molar-refractivity contribution is 7.80. The fourth-order valence-electron chi connectivity index (χ4n) is 1.30. The van der Waals surface area contributed by atoms with Crippen molar-refractivity contribution in [2.75, 3.05) is 27.3 Å². The SMILES string of the molecule is CCN(C)C(=O)C(C)NC(=S)NC(C)COC. The predicted octanol–water partition coefficient (Wildman–Crippen LogP) is 0.352. The first-order chi connectivity index (χ1) is 7.92. The summed E-state index contributed by atoms with van der Waals surface area (Å²) in [5, 5.41) is 6.48. The van der Waals surface area contributed by atoms with E-state index in [1.165, 1.54) is 0 Å². The van der Waals surface area contributed by atoms with Crippen LogP contribution in [0.15, 0.2) is 0 Å². The molecule has 0 rings (SSSR count). The molecule has 2 N–H and O–H groups in total. The van der Waals surface area contributed by atoms with Gasteiger partial charge in [0, 0.05) is 26.7 Å². The summed E-state index contributed by atoms with van der Waals surface area (Å²) in [6, 6.07) is -0.207. The van der Waals surface area contributed by atoms with Gasteiger partial charge in [-0.15, -0.1) is 0 Å². The number of amides is 1. The Morgan fingerprint density at radius 3 is 2.47 bits per heavy atom. The topological polar surface area (TPSA) is 53.6 Å². The van der Waals surface area contributed by atoms with Gasteiger partial charge in [-0.3, -0.25) is 4.79 Å². The highest BCUT2D eigenvalue weighted by atomic mass is 32.1. The number of nitrogens with zero attached hydrogens (tertiary/aromatic N) is 1. The van der Waals surface area contributed by atoms with Crippen LogP contribution in [0.4, 0.5) is 0 Å². The van der Waals surface area contributed by atoms with Crippen LogP contribution in [0, 0.1) is 0 Å². The molecule has 0 spiro atoms. The molecule has 0 aliphatic heterocycles. The van der Waals surface area contributed by atoms with E-state index < -0.39 is 0 Å². The highest BCUT2D eigenvalue weighted by Crippen LogP contribution is 1.92. The Kier molecular flexibility index (Phi) is 7.82. The van der Waals surface area contributed by atoms with Crippen LogP contribution in [0.25, 0.3) is 0 Å². The molecule has 0 aliphatic rings. The van der Waals surface area contributed by atoms with Crippen LogP contribution in [-0.4, -0.2) is 55.3 Å². The first-order valence-corrected chi connectivity index (χ1v) is 6.14. The van der Waals surface area contributed by atoms with Crippen molar-refractivity contribution in [1.29, 1.82) is 0 Å². The average Bonchev–Trinajstić information content (AvgIpc) is 2.26. The second kappa shape index (κ2) is 8.25. The van der Waals surface area contributed by atoms with Crippen molar-refractivity contribution in [3.63, 3.8) is 0 Å². The minimum atomic E-state index is -0.324. The first-order valence-electron chi connectivity index (χ1n) is 5.73. The molecule has 0 aromatic carbocycles. The van der Waals surface area contributed by atoms with Gasteiger partial charge in [0.15, 0.2) is 5.11 Å². The van der Waals surface area contributed by atoms with Gasteiger partial charge in [-0.1, -0.05) is 0 Å². The second-order valence-corrected chi connectivity index (χ2v) is 4.46. The minimum Gasteiger partial charge on any atom is -0.383 e. The van der Waals surface area contributed by atoms with Crippen molar-refractivity contribution < 1.29 is 9.53 Å². The molecule has 0 saturated heterocycles. The molecule has 0 fully saturated rings. The lowest BCUT2D eigenvalue weighted by molar-refractivity contribution is -0.131. The van der Waals surface area contributed by atoms with Gasteiger partial charge in [-0.05, 0) is 33.0 Å². The number of nitrogens with one attached hydrogen (secondary N) is 2.